The van der Waals surface area contributed by atoms with Gasteiger partial charge in [-0.15, -0.1) is 0 Å². The zero-order chi connectivity index (χ0) is 19.9. The molecule has 144 valence electrons. The molecule has 0 unspecified atom stereocenters. The smallest absolute Gasteiger partial charge is 0.412 e. The predicted octanol–water partition coefficient (Wildman–Crippen LogP) is 5.79. The van der Waals surface area contributed by atoms with E-state index in [4.69, 9.17) is 16.3 Å². The number of thiazole rings is 1. The Morgan fingerprint density at radius 2 is 2.00 bits per heavy atom. The Balaban J connectivity index is 1.84. The third-order valence-corrected chi connectivity index (χ3v) is 4.93. The Hall–Kier alpha value is -2.90. The summed E-state index contributed by atoms with van der Waals surface area (Å²) in [6.07, 6.45) is 1.10. The van der Waals surface area contributed by atoms with Gasteiger partial charge in [-0.05, 0) is 19.9 Å². The first kappa shape index (κ1) is 19.9. The van der Waals surface area contributed by atoms with Crippen LogP contribution in [0.2, 0.25) is 5.02 Å². The van der Waals surface area contributed by atoms with E-state index in [1.165, 1.54) is 11.3 Å². The molecule has 0 bridgehead atoms. The Bertz CT molecular complexity index is 986. The van der Waals surface area contributed by atoms with Crippen molar-refractivity contribution >= 4 is 45.4 Å². The van der Waals surface area contributed by atoms with Crippen LogP contribution >= 0.6 is 22.9 Å². The number of nitrogens with one attached hydrogen (secondary N) is 2. The van der Waals surface area contributed by atoms with Gasteiger partial charge in [0.15, 0.2) is 0 Å². The summed E-state index contributed by atoms with van der Waals surface area (Å²) in [6, 6.07) is 15.3. The molecule has 2 N–H and O–H groups in total. The van der Waals surface area contributed by atoms with Gasteiger partial charge in [-0.1, -0.05) is 71.0 Å². The number of amides is 1. The van der Waals surface area contributed by atoms with Crippen molar-refractivity contribution in [2.45, 2.75) is 13.8 Å². The van der Waals surface area contributed by atoms with Crippen molar-refractivity contribution in [2.24, 2.45) is 5.10 Å². The Labute approximate surface area is 172 Å². The molecule has 3 rings (SSSR count). The number of carbonyl (C=O) groups is 1. The van der Waals surface area contributed by atoms with Crippen LogP contribution in [0.25, 0.3) is 11.3 Å². The van der Waals surface area contributed by atoms with Crippen molar-refractivity contribution in [3.8, 4) is 11.3 Å². The number of carbonyl (C=O) groups excluding carboxylic acids is 1. The summed E-state index contributed by atoms with van der Waals surface area (Å²) < 4.78 is 4.98. The number of benzene rings is 2. The molecule has 28 heavy (non-hydrogen) atoms. The van der Waals surface area contributed by atoms with E-state index in [0.29, 0.717) is 20.8 Å². The third-order valence-electron chi connectivity index (χ3n) is 3.71. The van der Waals surface area contributed by atoms with Gasteiger partial charge in [-0.3, -0.25) is 10.7 Å². The number of hydrazone groups is 1. The summed E-state index contributed by atoms with van der Waals surface area (Å²) in [5.41, 5.74) is 6.36. The molecule has 0 saturated carbocycles. The zero-order valence-electron chi connectivity index (χ0n) is 15.4. The van der Waals surface area contributed by atoms with Crippen molar-refractivity contribution in [2.75, 3.05) is 17.3 Å². The summed E-state index contributed by atoms with van der Waals surface area (Å²) in [4.78, 5) is 16.4. The van der Waals surface area contributed by atoms with Crippen molar-refractivity contribution in [1.82, 2.24) is 4.98 Å². The summed E-state index contributed by atoms with van der Waals surface area (Å²) in [5.74, 6) is 0. The number of halogens is 1. The molecular weight excluding hydrogens is 396 g/mol. The highest BCUT2D eigenvalue weighted by molar-refractivity contribution is 7.20. The van der Waals surface area contributed by atoms with Gasteiger partial charge in [0.2, 0.25) is 5.13 Å². The topological polar surface area (TPSA) is 75.6 Å². The maximum Gasteiger partial charge on any atom is 0.412 e. The van der Waals surface area contributed by atoms with Gasteiger partial charge in [-0.25, -0.2) is 9.78 Å². The minimum atomic E-state index is -0.523. The average molecular weight is 415 g/mol. The second-order valence-electron chi connectivity index (χ2n) is 5.80. The first-order chi connectivity index (χ1) is 13.6. The van der Waals surface area contributed by atoms with E-state index in [-0.39, 0.29) is 6.61 Å². The number of nitrogens with zero attached hydrogens (tertiary/aromatic N) is 2. The number of aromatic nitrogens is 1. The SMILES string of the molecule is CCOC(=O)Nc1sc(N/N=C\c2ccccc2Cl)nc1-c1ccc(C)cc1. The van der Waals surface area contributed by atoms with Gasteiger partial charge >= 0.3 is 6.09 Å². The van der Waals surface area contributed by atoms with Gasteiger partial charge < -0.3 is 4.74 Å². The standard InChI is InChI=1S/C20H19ClN4O2S/c1-3-27-20(26)24-18-17(14-10-8-13(2)9-11-14)23-19(28-18)25-22-12-15-6-4-5-7-16(15)21/h4-12H,3H2,1-2H3,(H,23,25)(H,24,26)/b22-12-. The lowest BCUT2D eigenvalue weighted by molar-refractivity contribution is 0.168. The molecule has 0 radical (unpaired) electrons. The highest BCUT2D eigenvalue weighted by Crippen LogP contribution is 2.36. The molecule has 1 amide bonds. The van der Waals surface area contributed by atoms with Crippen LogP contribution in [0, 0.1) is 6.92 Å². The normalized spacial score (nSPS) is 10.8. The predicted molar refractivity (Wildman–Crippen MR) is 116 cm³/mol. The van der Waals surface area contributed by atoms with E-state index in [9.17, 15) is 4.79 Å². The number of hydrogen-bond donors (Lipinski definition) is 2. The van der Waals surface area contributed by atoms with Gasteiger partial charge in [-0.2, -0.15) is 5.10 Å². The van der Waals surface area contributed by atoms with E-state index in [0.717, 1.165) is 16.7 Å². The van der Waals surface area contributed by atoms with Gasteiger partial charge in [0, 0.05) is 16.1 Å². The van der Waals surface area contributed by atoms with Crippen LogP contribution < -0.4 is 10.7 Å². The third kappa shape index (κ3) is 5.09. The maximum absolute atomic E-state index is 11.9. The number of rotatable bonds is 6. The minimum Gasteiger partial charge on any atom is -0.450 e. The molecule has 0 spiro atoms. The summed E-state index contributed by atoms with van der Waals surface area (Å²) >= 11 is 7.39. The summed E-state index contributed by atoms with van der Waals surface area (Å²) in [5, 5.41) is 8.66. The Morgan fingerprint density at radius 1 is 1.25 bits per heavy atom. The fourth-order valence-electron chi connectivity index (χ4n) is 2.36. The fourth-order valence-corrected chi connectivity index (χ4v) is 3.36. The lowest BCUT2D eigenvalue weighted by Gasteiger charge is -2.05. The lowest BCUT2D eigenvalue weighted by atomic mass is 10.1. The number of aryl methyl sites for hydroxylation is 1. The van der Waals surface area contributed by atoms with Crippen molar-refractivity contribution in [1.29, 1.82) is 0 Å². The molecule has 1 heterocycles. The number of ether oxygens (including phenoxy) is 1. The first-order valence-electron chi connectivity index (χ1n) is 8.62. The molecule has 2 aromatic carbocycles. The summed E-state index contributed by atoms with van der Waals surface area (Å²) in [7, 11) is 0. The second kappa shape index (κ2) is 9.34. The van der Waals surface area contributed by atoms with E-state index in [2.05, 4.69) is 20.8 Å². The van der Waals surface area contributed by atoms with Crippen molar-refractivity contribution in [3.05, 3.63) is 64.7 Å². The second-order valence-corrected chi connectivity index (χ2v) is 7.21. The average Bonchev–Trinajstić information content (AvgIpc) is 3.06. The number of hydrogen-bond acceptors (Lipinski definition) is 6. The van der Waals surface area contributed by atoms with Crippen LogP contribution in [0.4, 0.5) is 14.9 Å². The fraction of sp³-hybridized carbons (Fsp3) is 0.150. The first-order valence-corrected chi connectivity index (χ1v) is 9.81. The lowest BCUT2D eigenvalue weighted by Crippen LogP contribution is -2.12. The van der Waals surface area contributed by atoms with Crippen LogP contribution in [0.3, 0.4) is 0 Å². The highest BCUT2D eigenvalue weighted by Gasteiger charge is 2.16. The van der Waals surface area contributed by atoms with Crippen LogP contribution in [-0.2, 0) is 4.74 Å². The molecule has 0 aliphatic rings. The van der Waals surface area contributed by atoms with Crippen LogP contribution in [0.15, 0.2) is 53.6 Å². The van der Waals surface area contributed by atoms with E-state index < -0.39 is 6.09 Å². The molecule has 0 saturated heterocycles. The molecular formula is C20H19ClN4O2S. The monoisotopic (exact) mass is 414 g/mol. The minimum absolute atomic E-state index is 0.289. The molecule has 3 aromatic rings. The van der Waals surface area contributed by atoms with Crippen molar-refractivity contribution in [3.63, 3.8) is 0 Å². The van der Waals surface area contributed by atoms with Crippen molar-refractivity contribution < 1.29 is 9.53 Å². The molecule has 0 fully saturated rings. The van der Waals surface area contributed by atoms with Crippen LogP contribution in [-0.4, -0.2) is 23.9 Å². The highest BCUT2D eigenvalue weighted by atomic mass is 35.5. The maximum atomic E-state index is 11.9. The molecule has 0 aliphatic carbocycles. The molecule has 8 heteroatoms. The number of anilines is 2. The Morgan fingerprint density at radius 3 is 2.71 bits per heavy atom. The Kier molecular flexibility index (Phi) is 6.62. The van der Waals surface area contributed by atoms with Gasteiger partial charge in [0.1, 0.15) is 10.7 Å². The quantitative estimate of drug-likeness (QED) is 0.395. The molecule has 1 aromatic heterocycles. The van der Waals surface area contributed by atoms with Crippen LogP contribution in [0.5, 0.6) is 0 Å². The van der Waals surface area contributed by atoms with E-state index in [1.54, 1.807) is 19.2 Å². The van der Waals surface area contributed by atoms with Gasteiger partial charge in [0.05, 0.1) is 12.8 Å². The molecule has 0 aliphatic heterocycles. The van der Waals surface area contributed by atoms with E-state index >= 15 is 0 Å². The van der Waals surface area contributed by atoms with E-state index in [1.807, 2.05) is 49.4 Å². The van der Waals surface area contributed by atoms with Crippen LogP contribution in [0.1, 0.15) is 18.1 Å². The molecule has 0 atom stereocenters. The largest absolute Gasteiger partial charge is 0.450 e. The molecule has 6 nitrogen and oxygen atoms in total. The zero-order valence-corrected chi connectivity index (χ0v) is 17.0. The van der Waals surface area contributed by atoms with Gasteiger partial charge in [0.25, 0.3) is 0 Å². The summed E-state index contributed by atoms with van der Waals surface area (Å²) in [6.45, 7) is 4.06.